The zero-order valence-electron chi connectivity index (χ0n) is 6.77. The van der Waals surface area contributed by atoms with Crippen molar-refractivity contribution in [2.45, 2.75) is 25.1 Å². The number of halogens is 2. The fraction of sp³-hybridized carbons (Fsp3) is 0.625. The molecule has 0 aromatic heterocycles. The first kappa shape index (κ1) is 9.87. The average molecular weight is 209 g/mol. The first-order chi connectivity index (χ1) is 5.66. The van der Waals surface area contributed by atoms with Crippen LogP contribution < -0.4 is 0 Å². The van der Waals surface area contributed by atoms with Crippen LogP contribution in [0.4, 0.5) is 0 Å². The molecule has 0 saturated carbocycles. The summed E-state index contributed by atoms with van der Waals surface area (Å²) in [5, 5.41) is -0.301. The van der Waals surface area contributed by atoms with E-state index in [4.69, 9.17) is 27.9 Å². The molecule has 0 amide bonds. The second-order valence-electron chi connectivity index (χ2n) is 2.54. The van der Waals surface area contributed by atoms with Crippen LogP contribution in [0, 0.1) is 0 Å². The van der Waals surface area contributed by atoms with Crippen molar-refractivity contribution in [3.63, 3.8) is 0 Å². The van der Waals surface area contributed by atoms with Gasteiger partial charge in [0.15, 0.2) is 5.78 Å². The van der Waals surface area contributed by atoms with Crippen LogP contribution in [0.5, 0.6) is 0 Å². The Kier molecular flexibility index (Phi) is 3.41. The van der Waals surface area contributed by atoms with Crippen LogP contribution in [0.15, 0.2) is 10.8 Å². The van der Waals surface area contributed by atoms with Gasteiger partial charge in [-0.05, 0) is 13.3 Å². The molecule has 68 valence electrons. The minimum atomic E-state index is -0.471. The number of alkyl halides is 1. The SMILES string of the molecule is CCOC1=C(Cl)C(=O)[C@H](Cl)CC1. The Hall–Kier alpha value is -0.210. The fourth-order valence-electron chi connectivity index (χ4n) is 1.08. The second kappa shape index (κ2) is 4.15. The van der Waals surface area contributed by atoms with Crippen LogP contribution in [0.1, 0.15) is 19.8 Å². The minimum Gasteiger partial charge on any atom is -0.497 e. The van der Waals surface area contributed by atoms with Crippen molar-refractivity contribution in [2.24, 2.45) is 0 Å². The highest BCUT2D eigenvalue weighted by molar-refractivity contribution is 6.48. The third-order valence-corrected chi connectivity index (χ3v) is 2.50. The van der Waals surface area contributed by atoms with Gasteiger partial charge in [0.1, 0.15) is 10.8 Å². The Labute approximate surface area is 81.5 Å². The predicted molar refractivity (Wildman–Crippen MR) is 48.4 cm³/mol. The lowest BCUT2D eigenvalue weighted by atomic mass is 10.0. The number of carbonyl (C=O) groups excluding carboxylic acids is 1. The molecule has 0 aromatic rings. The largest absolute Gasteiger partial charge is 0.497 e. The van der Waals surface area contributed by atoms with Crippen LogP contribution >= 0.6 is 23.2 Å². The van der Waals surface area contributed by atoms with Crippen molar-refractivity contribution >= 4 is 29.0 Å². The molecule has 0 bridgehead atoms. The van der Waals surface area contributed by atoms with Gasteiger partial charge in [-0.1, -0.05) is 11.6 Å². The number of carbonyl (C=O) groups is 1. The molecule has 1 aliphatic carbocycles. The molecule has 0 radical (unpaired) electrons. The molecule has 0 heterocycles. The van der Waals surface area contributed by atoms with Crippen molar-refractivity contribution in [3.05, 3.63) is 10.8 Å². The van der Waals surface area contributed by atoms with Gasteiger partial charge in [-0.25, -0.2) is 0 Å². The smallest absolute Gasteiger partial charge is 0.195 e. The van der Waals surface area contributed by atoms with E-state index in [1.54, 1.807) is 0 Å². The summed E-state index contributed by atoms with van der Waals surface area (Å²) in [5.74, 6) is 0.370. The van der Waals surface area contributed by atoms with E-state index in [0.717, 1.165) is 0 Å². The normalized spacial score (nSPS) is 24.6. The molecule has 4 heteroatoms. The molecular formula is C8H10Cl2O2. The van der Waals surface area contributed by atoms with Crippen LogP contribution in [0.2, 0.25) is 0 Å². The quantitative estimate of drug-likeness (QED) is 0.653. The van der Waals surface area contributed by atoms with E-state index in [0.29, 0.717) is 25.2 Å². The zero-order valence-corrected chi connectivity index (χ0v) is 8.28. The topological polar surface area (TPSA) is 26.3 Å². The summed E-state index contributed by atoms with van der Waals surface area (Å²) in [5.41, 5.74) is 0. The van der Waals surface area contributed by atoms with Gasteiger partial charge in [-0.3, -0.25) is 4.79 Å². The van der Waals surface area contributed by atoms with Gasteiger partial charge in [0.05, 0.1) is 12.0 Å². The van der Waals surface area contributed by atoms with E-state index in [-0.39, 0.29) is 10.8 Å². The van der Waals surface area contributed by atoms with E-state index in [1.807, 2.05) is 6.92 Å². The summed E-state index contributed by atoms with van der Waals surface area (Å²) in [6.45, 7) is 2.39. The minimum absolute atomic E-state index is 0.170. The molecule has 0 fully saturated rings. The number of hydrogen-bond donors (Lipinski definition) is 0. The van der Waals surface area contributed by atoms with Gasteiger partial charge in [0.25, 0.3) is 0 Å². The Bertz CT molecular complexity index is 223. The summed E-state index contributed by atoms with van der Waals surface area (Å²) >= 11 is 11.4. The molecule has 2 nitrogen and oxygen atoms in total. The van der Waals surface area contributed by atoms with E-state index in [1.165, 1.54) is 0 Å². The third kappa shape index (κ3) is 1.93. The van der Waals surface area contributed by atoms with E-state index in [9.17, 15) is 4.79 Å². The van der Waals surface area contributed by atoms with Crippen LogP contribution in [0.3, 0.4) is 0 Å². The Morgan fingerprint density at radius 1 is 1.67 bits per heavy atom. The maximum Gasteiger partial charge on any atom is 0.195 e. The number of hydrogen-bond acceptors (Lipinski definition) is 2. The molecule has 0 N–H and O–H groups in total. The van der Waals surface area contributed by atoms with Crippen molar-refractivity contribution in [1.82, 2.24) is 0 Å². The maximum absolute atomic E-state index is 11.2. The van der Waals surface area contributed by atoms with Gasteiger partial charge in [0.2, 0.25) is 0 Å². The Morgan fingerprint density at radius 2 is 2.33 bits per heavy atom. The number of ketones is 1. The third-order valence-electron chi connectivity index (χ3n) is 1.69. The first-order valence-corrected chi connectivity index (χ1v) is 4.68. The summed E-state index contributed by atoms with van der Waals surface area (Å²) in [4.78, 5) is 11.2. The molecule has 1 aliphatic rings. The van der Waals surface area contributed by atoms with Crippen LogP contribution in [-0.4, -0.2) is 17.8 Å². The monoisotopic (exact) mass is 208 g/mol. The maximum atomic E-state index is 11.2. The van der Waals surface area contributed by atoms with Gasteiger partial charge < -0.3 is 4.74 Å². The second-order valence-corrected chi connectivity index (χ2v) is 3.45. The molecule has 1 rings (SSSR count). The van der Waals surface area contributed by atoms with Crippen molar-refractivity contribution in [3.8, 4) is 0 Å². The average Bonchev–Trinajstić information content (AvgIpc) is 2.07. The number of allylic oxidation sites excluding steroid dienone is 2. The summed E-state index contributed by atoms with van der Waals surface area (Å²) in [7, 11) is 0. The first-order valence-electron chi connectivity index (χ1n) is 3.86. The fourth-order valence-corrected chi connectivity index (χ4v) is 1.64. The molecular weight excluding hydrogens is 199 g/mol. The molecule has 0 aliphatic heterocycles. The number of Topliss-reactive ketones (excluding diaryl/α,β-unsaturated/α-hetero) is 1. The molecule has 0 spiro atoms. The summed E-state index contributed by atoms with van der Waals surface area (Å²) < 4.78 is 5.18. The van der Waals surface area contributed by atoms with E-state index < -0.39 is 5.38 Å². The Balaban J connectivity index is 2.78. The highest BCUT2D eigenvalue weighted by Gasteiger charge is 2.27. The standard InChI is InChI=1S/C8H10Cl2O2/c1-2-12-6-4-3-5(9)8(11)7(6)10/h5H,2-4H2,1H3/t5-/m1/s1. The molecule has 0 saturated heterocycles. The number of ether oxygens (including phenoxy) is 1. The molecule has 0 unspecified atom stereocenters. The van der Waals surface area contributed by atoms with Gasteiger partial charge in [-0.15, -0.1) is 11.6 Å². The number of rotatable bonds is 2. The van der Waals surface area contributed by atoms with Gasteiger partial charge >= 0.3 is 0 Å². The lowest BCUT2D eigenvalue weighted by Gasteiger charge is -2.18. The highest BCUT2D eigenvalue weighted by Crippen LogP contribution is 2.28. The van der Waals surface area contributed by atoms with E-state index in [2.05, 4.69) is 0 Å². The van der Waals surface area contributed by atoms with Crippen molar-refractivity contribution in [1.29, 1.82) is 0 Å². The van der Waals surface area contributed by atoms with Crippen molar-refractivity contribution < 1.29 is 9.53 Å². The lowest BCUT2D eigenvalue weighted by molar-refractivity contribution is -0.115. The van der Waals surface area contributed by atoms with Gasteiger partial charge in [-0.2, -0.15) is 0 Å². The predicted octanol–water partition coefficient (Wildman–Crippen LogP) is 2.44. The highest BCUT2D eigenvalue weighted by atomic mass is 35.5. The lowest BCUT2D eigenvalue weighted by Crippen LogP contribution is -2.21. The molecule has 12 heavy (non-hydrogen) atoms. The van der Waals surface area contributed by atoms with Crippen LogP contribution in [-0.2, 0) is 9.53 Å². The molecule has 0 aromatic carbocycles. The van der Waals surface area contributed by atoms with Crippen LogP contribution in [0.25, 0.3) is 0 Å². The van der Waals surface area contributed by atoms with E-state index >= 15 is 0 Å². The van der Waals surface area contributed by atoms with Crippen molar-refractivity contribution in [2.75, 3.05) is 6.61 Å². The zero-order chi connectivity index (χ0) is 9.14. The van der Waals surface area contributed by atoms with Gasteiger partial charge in [0, 0.05) is 6.42 Å². The summed E-state index contributed by atoms with van der Waals surface area (Å²) in [6, 6.07) is 0. The molecule has 1 atom stereocenters. The Morgan fingerprint density at radius 3 is 2.92 bits per heavy atom. The summed E-state index contributed by atoms with van der Waals surface area (Å²) in [6.07, 6.45) is 1.28.